The Hall–Kier alpha value is -2.32. The molecule has 0 aromatic carbocycles. The van der Waals surface area contributed by atoms with Gasteiger partial charge in [0.05, 0.1) is 0 Å². The average molecular weight is 259 g/mol. The summed E-state index contributed by atoms with van der Waals surface area (Å²) in [6, 6.07) is 0. The second kappa shape index (κ2) is 4.90. The van der Waals surface area contributed by atoms with E-state index in [1.165, 1.54) is 0 Å². The van der Waals surface area contributed by atoms with Gasteiger partial charge in [-0.2, -0.15) is 0 Å². The molecule has 2 heterocycles. The number of carbonyl (C=O) groups is 4. The van der Waals surface area contributed by atoms with Crippen molar-refractivity contribution >= 4 is 24.1 Å². The zero-order chi connectivity index (χ0) is 13.1. The van der Waals surface area contributed by atoms with Crippen LogP contribution in [0.2, 0.25) is 0 Å². The molecule has 0 N–H and O–H groups in total. The zero-order valence-electron chi connectivity index (χ0n) is 9.12. The smallest absolute Gasteiger partial charge is 0.430 e. The lowest BCUT2D eigenvalue weighted by Crippen LogP contribution is -2.33. The number of hydrogen-bond acceptors (Lipinski definition) is 8. The van der Waals surface area contributed by atoms with E-state index in [1.807, 2.05) is 0 Å². The first-order valence-corrected chi connectivity index (χ1v) is 5.10. The standard InChI is InChI=1S/C9H9NO8/c11-6-1-2-7(12)10(6)18-9(14)16-4-5-3-15-8(13)17-5/h5H,1-4H2. The second-order valence-corrected chi connectivity index (χ2v) is 3.54. The number of ether oxygens (including phenoxy) is 3. The van der Waals surface area contributed by atoms with Crippen molar-refractivity contribution in [1.82, 2.24) is 5.06 Å². The molecule has 0 bridgehead atoms. The van der Waals surface area contributed by atoms with Gasteiger partial charge in [-0.3, -0.25) is 14.4 Å². The van der Waals surface area contributed by atoms with Crippen molar-refractivity contribution in [2.75, 3.05) is 13.2 Å². The Morgan fingerprint density at radius 3 is 2.50 bits per heavy atom. The van der Waals surface area contributed by atoms with Gasteiger partial charge in [0.25, 0.3) is 11.8 Å². The number of amides is 2. The maximum Gasteiger partial charge on any atom is 0.534 e. The molecule has 1 atom stereocenters. The summed E-state index contributed by atoms with van der Waals surface area (Å²) in [5.41, 5.74) is 0. The highest BCUT2D eigenvalue weighted by molar-refractivity contribution is 6.01. The second-order valence-electron chi connectivity index (χ2n) is 3.54. The Kier molecular flexibility index (Phi) is 3.31. The van der Waals surface area contributed by atoms with Crippen LogP contribution in [0.4, 0.5) is 9.59 Å². The summed E-state index contributed by atoms with van der Waals surface area (Å²) in [4.78, 5) is 48.3. The molecule has 2 aliphatic heterocycles. The molecule has 2 aliphatic rings. The maximum atomic E-state index is 11.2. The largest absolute Gasteiger partial charge is 0.534 e. The molecule has 0 aromatic rings. The number of carbonyl (C=O) groups excluding carboxylic acids is 4. The van der Waals surface area contributed by atoms with Gasteiger partial charge in [-0.25, -0.2) is 9.59 Å². The molecule has 2 saturated heterocycles. The molecule has 9 heteroatoms. The number of cyclic esters (lactones) is 2. The number of imide groups is 1. The normalized spacial score (nSPS) is 22.8. The van der Waals surface area contributed by atoms with E-state index in [0.29, 0.717) is 5.06 Å². The van der Waals surface area contributed by atoms with E-state index < -0.39 is 30.2 Å². The molecule has 0 saturated carbocycles. The third-order valence-corrected chi connectivity index (χ3v) is 2.21. The molecule has 18 heavy (non-hydrogen) atoms. The third kappa shape index (κ3) is 2.67. The highest BCUT2D eigenvalue weighted by atomic mass is 16.8. The van der Waals surface area contributed by atoms with E-state index in [2.05, 4.69) is 19.0 Å². The van der Waals surface area contributed by atoms with Crippen molar-refractivity contribution in [3.63, 3.8) is 0 Å². The molecule has 2 rings (SSSR count). The first-order chi connectivity index (χ1) is 8.56. The lowest BCUT2D eigenvalue weighted by Gasteiger charge is -2.13. The van der Waals surface area contributed by atoms with E-state index in [-0.39, 0.29) is 26.1 Å². The van der Waals surface area contributed by atoms with Gasteiger partial charge in [0, 0.05) is 12.8 Å². The molecule has 1 unspecified atom stereocenters. The van der Waals surface area contributed by atoms with Crippen molar-refractivity contribution in [3.8, 4) is 0 Å². The lowest BCUT2D eigenvalue weighted by molar-refractivity contribution is -0.177. The molecule has 0 spiro atoms. The predicted octanol–water partition coefficient (Wildman–Crippen LogP) is -0.261. The van der Waals surface area contributed by atoms with Crippen LogP contribution in [-0.2, 0) is 28.6 Å². The topological polar surface area (TPSA) is 108 Å². The fourth-order valence-corrected chi connectivity index (χ4v) is 1.37. The Morgan fingerprint density at radius 2 is 1.94 bits per heavy atom. The summed E-state index contributed by atoms with van der Waals surface area (Å²) in [5.74, 6) is -1.21. The van der Waals surface area contributed by atoms with Gasteiger partial charge in [0.1, 0.15) is 13.2 Å². The molecular weight excluding hydrogens is 250 g/mol. The summed E-state index contributed by atoms with van der Waals surface area (Å²) >= 11 is 0. The summed E-state index contributed by atoms with van der Waals surface area (Å²) < 4.78 is 13.6. The van der Waals surface area contributed by atoms with Gasteiger partial charge in [-0.05, 0) is 0 Å². The first kappa shape index (κ1) is 12.1. The third-order valence-electron chi connectivity index (χ3n) is 2.21. The Morgan fingerprint density at radius 1 is 1.28 bits per heavy atom. The van der Waals surface area contributed by atoms with Crippen molar-refractivity contribution in [1.29, 1.82) is 0 Å². The van der Waals surface area contributed by atoms with Gasteiger partial charge < -0.3 is 14.2 Å². The lowest BCUT2D eigenvalue weighted by atomic mass is 10.4. The summed E-state index contributed by atoms with van der Waals surface area (Å²) in [6.07, 6.45) is -2.78. The zero-order valence-corrected chi connectivity index (χ0v) is 9.12. The van der Waals surface area contributed by atoms with Crippen LogP contribution in [0.3, 0.4) is 0 Å². The van der Waals surface area contributed by atoms with E-state index in [1.54, 1.807) is 0 Å². The summed E-state index contributed by atoms with van der Waals surface area (Å²) in [7, 11) is 0. The number of nitrogens with zero attached hydrogens (tertiary/aromatic N) is 1. The highest BCUT2D eigenvalue weighted by Gasteiger charge is 2.34. The first-order valence-electron chi connectivity index (χ1n) is 5.10. The summed E-state index contributed by atoms with van der Waals surface area (Å²) in [6.45, 7) is -0.311. The molecule has 9 nitrogen and oxygen atoms in total. The number of hydrogen-bond donors (Lipinski definition) is 0. The van der Waals surface area contributed by atoms with E-state index in [4.69, 9.17) is 0 Å². The minimum absolute atomic E-state index is 0.000190. The van der Waals surface area contributed by atoms with Crippen LogP contribution in [0.5, 0.6) is 0 Å². The monoisotopic (exact) mass is 259 g/mol. The minimum Gasteiger partial charge on any atom is -0.430 e. The van der Waals surface area contributed by atoms with E-state index in [9.17, 15) is 19.2 Å². The highest BCUT2D eigenvalue weighted by Crippen LogP contribution is 2.13. The van der Waals surface area contributed by atoms with E-state index >= 15 is 0 Å². The molecule has 2 amide bonds. The fraction of sp³-hybridized carbons (Fsp3) is 0.556. The van der Waals surface area contributed by atoms with Crippen LogP contribution < -0.4 is 0 Å². The van der Waals surface area contributed by atoms with Crippen molar-refractivity contribution in [2.45, 2.75) is 18.9 Å². The molecule has 98 valence electrons. The molecule has 2 fully saturated rings. The van der Waals surface area contributed by atoms with Crippen molar-refractivity contribution < 1.29 is 38.2 Å². The number of rotatable bonds is 3. The molecule has 0 radical (unpaired) electrons. The number of hydroxylamine groups is 2. The Balaban J connectivity index is 1.73. The van der Waals surface area contributed by atoms with Gasteiger partial charge in [-0.15, -0.1) is 0 Å². The SMILES string of the molecule is O=C1OCC(COC(=O)ON2C(=O)CCC2=O)O1. The molecule has 0 aromatic heterocycles. The van der Waals surface area contributed by atoms with Gasteiger partial charge >= 0.3 is 12.3 Å². The molecule has 0 aliphatic carbocycles. The van der Waals surface area contributed by atoms with Crippen LogP contribution in [0, 0.1) is 0 Å². The average Bonchev–Trinajstić information content (AvgIpc) is 2.87. The van der Waals surface area contributed by atoms with Crippen LogP contribution in [0.1, 0.15) is 12.8 Å². The van der Waals surface area contributed by atoms with Gasteiger partial charge in [0.15, 0.2) is 6.10 Å². The maximum absolute atomic E-state index is 11.2. The van der Waals surface area contributed by atoms with Gasteiger partial charge in [-0.1, -0.05) is 5.06 Å². The van der Waals surface area contributed by atoms with Crippen LogP contribution in [0.15, 0.2) is 0 Å². The Labute approximate surface area is 100 Å². The fourth-order valence-electron chi connectivity index (χ4n) is 1.37. The van der Waals surface area contributed by atoms with Crippen molar-refractivity contribution in [2.24, 2.45) is 0 Å². The van der Waals surface area contributed by atoms with Crippen molar-refractivity contribution in [3.05, 3.63) is 0 Å². The van der Waals surface area contributed by atoms with Crippen LogP contribution >= 0.6 is 0 Å². The van der Waals surface area contributed by atoms with Crippen LogP contribution in [0.25, 0.3) is 0 Å². The minimum atomic E-state index is -1.22. The van der Waals surface area contributed by atoms with E-state index in [0.717, 1.165) is 0 Å². The quantitative estimate of drug-likeness (QED) is 0.503. The molecular formula is C9H9NO8. The van der Waals surface area contributed by atoms with Gasteiger partial charge in [0.2, 0.25) is 0 Å². The predicted molar refractivity (Wildman–Crippen MR) is 49.7 cm³/mol. The van der Waals surface area contributed by atoms with Crippen LogP contribution in [-0.4, -0.2) is 48.5 Å². The summed E-state index contributed by atoms with van der Waals surface area (Å²) in [5, 5.41) is 0.361. The Bertz CT molecular complexity index is 389.